The highest BCUT2D eigenvalue weighted by Crippen LogP contribution is 2.13. The van der Waals surface area contributed by atoms with Crippen LogP contribution in [0.3, 0.4) is 0 Å². The number of Topliss-reactive ketones (excluding diaryl/α,β-unsaturated/α-hetero) is 1. The Morgan fingerprint density at radius 1 is 0.938 bits per heavy atom. The molecule has 0 saturated heterocycles. The van der Waals surface area contributed by atoms with Gasteiger partial charge in [0.05, 0.1) is 6.42 Å². The van der Waals surface area contributed by atoms with Crippen molar-refractivity contribution in [2.24, 2.45) is 5.92 Å². The molecule has 3 amide bonds. The molecule has 4 N–H and O–H groups in total. The lowest BCUT2D eigenvalue weighted by atomic mass is 9.94. The van der Waals surface area contributed by atoms with Gasteiger partial charge < -0.3 is 21.1 Å². The topological polar surface area (TPSA) is 142 Å². The monoisotopic (exact) mass is 447 g/mol. The Labute approximate surface area is 188 Å². The molecule has 0 aliphatic heterocycles. The van der Waals surface area contributed by atoms with Gasteiger partial charge in [0.15, 0.2) is 0 Å². The molecule has 2 atom stereocenters. The molecule has 9 nitrogen and oxygen atoms in total. The summed E-state index contributed by atoms with van der Waals surface area (Å²) in [5.74, 6) is -4.70. The first-order chi connectivity index (χ1) is 14.7. The van der Waals surface area contributed by atoms with Crippen molar-refractivity contribution in [3.63, 3.8) is 0 Å². The van der Waals surface area contributed by atoms with E-state index in [1.807, 2.05) is 6.07 Å². The van der Waals surface area contributed by atoms with E-state index in [9.17, 15) is 29.1 Å². The third-order valence-electron chi connectivity index (χ3n) is 5.19. The molecule has 0 bridgehead atoms. The summed E-state index contributed by atoms with van der Waals surface area (Å²) in [5.41, 5.74) is -2.30. The van der Waals surface area contributed by atoms with Crippen LogP contribution in [0.2, 0.25) is 0 Å². The first-order valence-corrected chi connectivity index (χ1v) is 10.5. The second-order valence-electron chi connectivity index (χ2n) is 8.92. The number of carbonyl (C=O) groups excluding carboxylic acids is 4. The number of benzene rings is 1. The summed E-state index contributed by atoms with van der Waals surface area (Å²) in [6, 6.07) is 7.83. The van der Waals surface area contributed by atoms with Crippen LogP contribution in [0.15, 0.2) is 30.3 Å². The van der Waals surface area contributed by atoms with E-state index in [2.05, 4.69) is 16.0 Å². The molecular weight excluding hydrogens is 414 g/mol. The van der Waals surface area contributed by atoms with E-state index in [0.717, 1.165) is 5.56 Å². The third-order valence-corrected chi connectivity index (χ3v) is 5.19. The molecule has 1 aromatic rings. The van der Waals surface area contributed by atoms with E-state index in [1.54, 1.807) is 38.1 Å². The van der Waals surface area contributed by atoms with Gasteiger partial charge in [-0.05, 0) is 39.2 Å². The maximum atomic E-state index is 12.8. The average Bonchev–Trinajstić information content (AvgIpc) is 2.70. The Balaban J connectivity index is 2.89. The predicted molar refractivity (Wildman–Crippen MR) is 119 cm³/mol. The molecule has 0 fully saturated rings. The number of amides is 3. The van der Waals surface area contributed by atoms with E-state index in [4.69, 9.17) is 0 Å². The molecule has 9 heteroatoms. The standard InChI is InChI=1S/C23H33N3O6/c1-7-14(2)17(19(29)26-23(5,6)21(31)32)24-20(30)18(28)22(3,4)25-16(27)13-15-11-9-8-10-12-15/h8-12,14,17H,7,13H2,1-6H3,(H,24,30)(H,25,27)(H,26,29)(H,31,32)/t14-,17-/m0/s1. The smallest absolute Gasteiger partial charge is 0.328 e. The molecule has 0 aromatic heterocycles. The number of aliphatic carboxylic acids is 1. The maximum absolute atomic E-state index is 12.8. The minimum atomic E-state index is -1.55. The summed E-state index contributed by atoms with van der Waals surface area (Å²) in [4.78, 5) is 61.8. The van der Waals surface area contributed by atoms with Gasteiger partial charge >= 0.3 is 5.97 Å². The quantitative estimate of drug-likeness (QED) is 0.376. The van der Waals surface area contributed by atoms with Crippen molar-refractivity contribution < 1.29 is 29.1 Å². The molecular formula is C23H33N3O6. The van der Waals surface area contributed by atoms with E-state index in [0.29, 0.717) is 6.42 Å². The van der Waals surface area contributed by atoms with E-state index in [-0.39, 0.29) is 12.3 Å². The summed E-state index contributed by atoms with van der Waals surface area (Å²) in [6.45, 7) is 8.95. The number of nitrogens with one attached hydrogen (secondary N) is 3. The molecule has 0 radical (unpaired) electrons. The van der Waals surface area contributed by atoms with Gasteiger partial charge in [0.2, 0.25) is 17.6 Å². The van der Waals surface area contributed by atoms with Crippen LogP contribution in [-0.2, 0) is 30.4 Å². The van der Waals surface area contributed by atoms with Gasteiger partial charge in [0.25, 0.3) is 5.91 Å². The zero-order valence-electron chi connectivity index (χ0n) is 19.4. The van der Waals surface area contributed by atoms with Crippen molar-refractivity contribution in [2.45, 2.75) is 71.5 Å². The second kappa shape index (κ2) is 10.9. The fraction of sp³-hybridized carbons (Fsp3) is 0.522. The van der Waals surface area contributed by atoms with Crippen LogP contribution in [0.5, 0.6) is 0 Å². The molecule has 0 heterocycles. The van der Waals surface area contributed by atoms with E-state index < -0.39 is 46.6 Å². The van der Waals surface area contributed by atoms with Gasteiger partial charge in [0.1, 0.15) is 17.1 Å². The zero-order chi connectivity index (χ0) is 24.7. The Kier molecular flexibility index (Phi) is 9.11. The molecule has 0 saturated carbocycles. The largest absolute Gasteiger partial charge is 0.480 e. The predicted octanol–water partition coefficient (Wildman–Crippen LogP) is 1.20. The highest BCUT2D eigenvalue weighted by atomic mass is 16.4. The molecule has 1 aromatic carbocycles. The molecule has 0 unspecified atom stereocenters. The van der Waals surface area contributed by atoms with Crippen LogP contribution in [0.4, 0.5) is 0 Å². The van der Waals surface area contributed by atoms with Crippen LogP contribution in [-0.4, -0.2) is 51.7 Å². The highest BCUT2D eigenvalue weighted by molar-refractivity contribution is 6.40. The Morgan fingerprint density at radius 3 is 2.00 bits per heavy atom. The van der Waals surface area contributed by atoms with Crippen molar-refractivity contribution in [3.05, 3.63) is 35.9 Å². The van der Waals surface area contributed by atoms with Gasteiger partial charge in [0, 0.05) is 0 Å². The normalized spacial score (nSPS) is 13.4. The van der Waals surface area contributed by atoms with E-state index in [1.165, 1.54) is 27.7 Å². The zero-order valence-corrected chi connectivity index (χ0v) is 19.4. The van der Waals surface area contributed by atoms with Crippen LogP contribution in [0.25, 0.3) is 0 Å². The van der Waals surface area contributed by atoms with Crippen LogP contribution >= 0.6 is 0 Å². The average molecular weight is 448 g/mol. The number of rotatable bonds is 11. The third kappa shape index (κ3) is 7.47. The second-order valence-corrected chi connectivity index (χ2v) is 8.92. The summed E-state index contributed by atoms with van der Waals surface area (Å²) < 4.78 is 0. The fourth-order valence-electron chi connectivity index (χ4n) is 2.86. The van der Waals surface area contributed by atoms with Gasteiger partial charge in [-0.1, -0.05) is 50.6 Å². The number of hydrogen-bond donors (Lipinski definition) is 4. The van der Waals surface area contributed by atoms with Gasteiger partial charge in [-0.25, -0.2) is 4.79 Å². The summed E-state index contributed by atoms with van der Waals surface area (Å²) >= 11 is 0. The van der Waals surface area contributed by atoms with Gasteiger partial charge in [-0.3, -0.25) is 19.2 Å². The minimum absolute atomic E-state index is 0.0430. The fourth-order valence-corrected chi connectivity index (χ4v) is 2.86. The first kappa shape index (κ1) is 26.8. The summed E-state index contributed by atoms with van der Waals surface area (Å²) in [6.07, 6.45) is 0.540. The van der Waals surface area contributed by atoms with Gasteiger partial charge in [-0.2, -0.15) is 0 Å². The Hall–Kier alpha value is -3.23. The molecule has 1 rings (SSSR count). The molecule has 176 valence electrons. The molecule has 0 spiro atoms. The lowest BCUT2D eigenvalue weighted by Gasteiger charge is -2.29. The Bertz CT molecular complexity index is 864. The van der Waals surface area contributed by atoms with Crippen molar-refractivity contribution in [1.82, 2.24) is 16.0 Å². The number of carboxylic acid groups (broad SMARTS) is 1. The van der Waals surface area contributed by atoms with E-state index >= 15 is 0 Å². The minimum Gasteiger partial charge on any atom is -0.480 e. The van der Waals surface area contributed by atoms with Crippen molar-refractivity contribution in [2.75, 3.05) is 0 Å². The van der Waals surface area contributed by atoms with Gasteiger partial charge in [-0.15, -0.1) is 0 Å². The summed E-state index contributed by atoms with van der Waals surface area (Å²) in [7, 11) is 0. The number of carbonyl (C=O) groups is 5. The first-order valence-electron chi connectivity index (χ1n) is 10.5. The lowest BCUT2D eigenvalue weighted by Crippen LogP contribution is -2.61. The molecule has 0 aliphatic carbocycles. The molecule has 32 heavy (non-hydrogen) atoms. The van der Waals surface area contributed by atoms with Crippen LogP contribution in [0, 0.1) is 5.92 Å². The number of carboxylic acids is 1. The SMILES string of the molecule is CC[C@H](C)[C@H](NC(=O)C(=O)C(C)(C)NC(=O)Cc1ccccc1)C(=O)NC(C)(C)C(=O)O. The van der Waals surface area contributed by atoms with Crippen LogP contribution in [0.1, 0.15) is 53.5 Å². The lowest BCUT2D eigenvalue weighted by molar-refractivity contribution is -0.147. The number of ketones is 1. The summed E-state index contributed by atoms with van der Waals surface area (Å²) in [5, 5.41) is 16.6. The van der Waals surface area contributed by atoms with Crippen molar-refractivity contribution >= 4 is 29.5 Å². The molecule has 0 aliphatic rings. The van der Waals surface area contributed by atoms with Crippen LogP contribution < -0.4 is 16.0 Å². The highest BCUT2D eigenvalue weighted by Gasteiger charge is 2.39. The Morgan fingerprint density at radius 2 is 1.50 bits per heavy atom. The van der Waals surface area contributed by atoms with Crippen molar-refractivity contribution in [3.8, 4) is 0 Å². The van der Waals surface area contributed by atoms with Crippen molar-refractivity contribution in [1.29, 1.82) is 0 Å². The maximum Gasteiger partial charge on any atom is 0.328 e. The number of hydrogen-bond acceptors (Lipinski definition) is 5.